The highest BCUT2D eigenvalue weighted by atomic mass is 35.5. The number of unbranched alkanes of at least 4 members (excludes halogenated alkanes) is 5. The summed E-state index contributed by atoms with van der Waals surface area (Å²) in [5, 5.41) is 3.19. The number of hydrogen-bond donors (Lipinski definition) is 1. The molecule has 0 aromatic carbocycles. The second-order valence-corrected chi connectivity index (χ2v) is 4.35. The van der Waals surface area contributed by atoms with Crippen molar-refractivity contribution in [1.82, 2.24) is 5.32 Å². The number of halogens is 1. The van der Waals surface area contributed by atoms with Crippen LogP contribution in [0.4, 0.5) is 0 Å². The normalized spacial score (nSPS) is 10.0. The van der Waals surface area contributed by atoms with Gasteiger partial charge in [0.05, 0.1) is 6.54 Å². The lowest BCUT2D eigenvalue weighted by atomic mass is 10.1. The van der Waals surface area contributed by atoms with Crippen LogP contribution < -0.4 is 5.32 Å². The minimum absolute atomic E-state index is 0.0762. The molecule has 3 heteroatoms. The molecule has 0 bridgehead atoms. The summed E-state index contributed by atoms with van der Waals surface area (Å²) >= 11 is 5.53. The van der Waals surface area contributed by atoms with Crippen LogP contribution in [-0.4, -0.2) is 12.5 Å². The molecule has 0 spiro atoms. The maximum absolute atomic E-state index is 11.2. The van der Waals surface area contributed by atoms with E-state index < -0.39 is 0 Å². The van der Waals surface area contributed by atoms with Gasteiger partial charge in [-0.3, -0.25) is 4.79 Å². The van der Waals surface area contributed by atoms with Gasteiger partial charge in [-0.25, -0.2) is 0 Å². The predicted molar refractivity (Wildman–Crippen MR) is 66.0 cm³/mol. The maximum Gasteiger partial charge on any atom is 0.220 e. The average molecular weight is 232 g/mol. The van der Waals surface area contributed by atoms with Crippen molar-refractivity contribution in [3.8, 4) is 0 Å². The lowest BCUT2D eigenvalue weighted by Crippen LogP contribution is -2.23. The Morgan fingerprint density at radius 1 is 1.20 bits per heavy atom. The van der Waals surface area contributed by atoms with E-state index in [1.807, 2.05) is 0 Å². The third-order valence-electron chi connectivity index (χ3n) is 2.23. The van der Waals surface area contributed by atoms with Crippen LogP contribution in [-0.2, 0) is 4.79 Å². The third-order valence-corrected chi connectivity index (χ3v) is 2.37. The molecule has 0 aliphatic heterocycles. The van der Waals surface area contributed by atoms with Gasteiger partial charge in [0.1, 0.15) is 0 Å². The van der Waals surface area contributed by atoms with Crippen LogP contribution in [0.25, 0.3) is 0 Å². The molecule has 0 saturated carbocycles. The van der Waals surface area contributed by atoms with E-state index in [2.05, 4.69) is 18.8 Å². The number of amides is 1. The molecule has 0 unspecified atom stereocenters. The van der Waals surface area contributed by atoms with E-state index in [0.717, 1.165) is 12.8 Å². The van der Waals surface area contributed by atoms with Crippen molar-refractivity contribution in [2.45, 2.75) is 51.9 Å². The largest absolute Gasteiger partial charge is 0.351 e. The second-order valence-electron chi connectivity index (χ2n) is 3.81. The van der Waals surface area contributed by atoms with Crippen molar-refractivity contribution >= 4 is 17.5 Å². The SMILES string of the molecule is C=C(Cl)CNC(=O)CCCCCCCC. The Labute approximate surface area is 98.1 Å². The van der Waals surface area contributed by atoms with Gasteiger partial charge in [-0.2, -0.15) is 0 Å². The summed E-state index contributed by atoms with van der Waals surface area (Å²) in [6.07, 6.45) is 7.83. The van der Waals surface area contributed by atoms with Gasteiger partial charge in [0.2, 0.25) is 5.91 Å². The molecule has 0 saturated heterocycles. The van der Waals surface area contributed by atoms with Crippen LogP contribution in [0.2, 0.25) is 0 Å². The van der Waals surface area contributed by atoms with Crippen LogP contribution >= 0.6 is 11.6 Å². The zero-order chi connectivity index (χ0) is 11.5. The molecule has 15 heavy (non-hydrogen) atoms. The molecule has 0 aromatic heterocycles. The molecular formula is C12H22ClNO. The average Bonchev–Trinajstić information content (AvgIpc) is 2.20. The van der Waals surface area contributed by atoms with E-state index in [1.165, 1.54) is 25.7 Å². The summed E-state index contributed by atoms with van der Waals surface area (Å²) in [4.78, 5) is 11.2. The molecule has 0 rings (SSSR count). The molecule has 2 nitrogen and oxygen atoms in total. The van der Waals surface area contributed by atoms with Gasteiger partial charge in [-0.15, -0.1) is 0 Å². The van der Waals surface area contributed by atoms with Crippen molar-refractivity contribution < 1.29 is 4.79 Å². The van der Waals surface area contributed by atoms with Crippen LogP contribution in [0, 0.1) is 0 Å². The zero-order valence-electron chi connectivity index (χ0n) is 9.65. The Kier molecular flexibility index (Phi) is 9.70. The number of hydrogen-bond acceptors (Lipinski definition) is 1. The highest BCUT2D eigenvalue weighted by molar-refractivity contribution is 6.29. The fourth-order valence-corrected chi connectivity index (χ4v) is 1.42. The van der Waals surface area contributed by atoms with E-state index in [0.29, 0.717) is 18.0 Å². The molecule has 1 N–H and O–H groups in total. The summed E-state index contributed by atoms with van der Waals surface area (Å²) in [5.41, 5.74) is 0. The number of nitrogens with one attached hydrogen (secondary N) is 1. The Bertz CT molecular complexity index is 192. The predicted octanol–water partition coefficient (Wildman–Crippen LogP) is 3.61. The van der Waals surface area contributed by atoms with E-state index in [9.17, 15) is 4.79 Å². The molecule has 0 aliphatic carbocycles. The fourth-order valence-electron chi connectivity index (χ4n) is 1.35. The second kappa shape index (κ2) is 10.0. The highest BCUT2D eigenvalue weighted by Gasteiger charge is 2.00. The van der Waals surface area contributed by atoms with E-state index in [1.54, 1.807) is 0 Å². The van der Waals surface area contributed by atoms with Gasteiger partial charge in [-0.1, -0.05) is 57.2 Å². The highest BCUT2D eigenvalue weighted by Crippen LogP contribution is 2.06. The van der Waals surface area contributed by atoms with Crippen molar-refractivity contribution in [3.05, 3.63) is 11.6 Å². The minimum Gasteiger partial charge on any atom is -0.351 e. The van der Waals surface area contributed by atoms with E-state index in [-0.39, 0.29) is 5.91 Å². The first kappa shape index (κ1) is 14.5. The lowest BCUT2D eigenvalue weighted by Gasteiger charge is -2.03. The smallest absolute Gasteiger partial charge is 0.220 e. The molecule has 0 aliphatic rings. The van der Waals surface area contributed by atoms with Crippen LogP contribution in [0.15, 0.2) is 11.6 Å². The standard InChI is InChI=1S/C12H22ClNO/c1-3-4-5-6-7-8-9-12(15)14-10-11(2)13/h2-10H2,1H3,(H,14,15). The number of carbonyl (C=O) groups excluding carboxylic acids is 1. The van der Waals surface area contributed by atoms with E-state index in [4.69, 9.17) is 11.6 Å². The molecule has 88 valence electrons. The van der Waals surface area contributed by atoms with Gasteiger partial charge in [0.15, 0.2) is 0 Å². The zero-order valence-corrected chi connectivity index (χ0v) is 10.4. The van der Waals surface area contributed by atoms with Gasteiger partial charge in [-0.05, 0) is 6.42 Å². The molecule has 1 amide bonds. The van der Waals surface area contributed by atoms with Crippen LogP contribution in [0.1, 0.15) is 51.9 Å². The number of carbonyl (C=O) groups is 1. The summed E-state index contributed by atoms with van der Waals surface area (Å²) in [5.74, 6) is 0.0762. The molecular weight excluding hydrogens is 210 g/mol. The number of rotatable bonds is 9. The first-order valence-corrected chi connectivity index (χ1v) is 6.14. The first-order valence-electron chi connectivity index (χ1n) is 5.76. The van der Waals surface area contributed by atoms with Gasteiger partial charge < -0.3 is 5.32 Å². The van der Waals surface area contributed by atoms with Crippen molar-refractivity contribution in [2.75, 3.05) is 6.54 Å². The van der Waals surface area contributed by atoms with Crippen LogP contribution in [0.5, 0.6) is 0 Å². The van der Waals surface area contributed by atoms with Gasteiger partial charge in [0.25, 0.3) is 0 Å². The Balaban J connectivity index is 3.20. The van der Waals surface area contributed by atoms with Crippen molar-refractivity contribution in [1.29, 1.82) is 0 Å². The third kappa shape index (κ3) is 11.4. The summed E-state index contributed by atoms with van der Waals surface area (Å²) in [6, 6.07) is 0. The monoisotopic (exact) mass is 231 g/mol. The maximum atomic E-state index is 11.2. The Hall–Kier alpha value is -0.500. The van der Waals surface area contributed by atoms with Crippen LogP contribution in [0.3, 0.4) is 0 Å². The quantitative estimate of drug-likeness (QED) is 0.604. The fraction of sp³-hybridized carbons (Fsp3) is 0.750. The Morgan fingerprint density at radius 3 is 2.40 bits per heavy atom. The first-order chi connectivity index (χ1) is 7.16. The van der Waals surface area contributed by atoms with E-state index >= 15 is 0 Å². The lowest BCUT2D eigenvalue weighted by molar-refractivity contribution is -0.121. The van der Waals surface area contributed by atoms with Crippen molar-refractivity contribution in [3.63, 3.8) is 0 Å². The van der Waals surface area contributed by atoms with Gasteiger partial charge in [0, 0.05) is 11.5 Å². The minimum atomic E-state index is 0.0762. The molecule has 0 aromatic rings. The molecule has 0 fully saturated rings. The van der Waals surface area contributed by atoms with Crippen molar-refractivity contribution in [2.24, 2.45) is 0 Å². The molecule has 0 radical (unpaired) electrons. The molecule has 0 heterocycles. The summed E-state index contributed by atoms with van der Waals surface area (Å²) in [6.45, 7) is 6.09. The summed E-state index contributed by atoms with van der Waals surface area (Å²) in [7, 11) is 0. The van der Waals surface area contributed by atoms with Gasteiger partial charge >= 0.3 is 0 Å². The Morgan fingerprint density at radius 2 is 1.80 bits per heavy atom. The topological polar surface area (TPSA) is 29.1 Å². The molecule has 0 atom stereocenters. The summed E-state index contributed by atoms with van der Waals surface area (Å²) < 4.78 is 0.